The molecule has 2 aromatic rings. The van der Waals surface area contributed by atoms with Crippen LogP contribution in [0.4, 0.5) is 4.39 Å². The second kappa shape index (κ2) is 7.79. The van der Waals surface area contributed by atoms with E-state index in [0.717, 1.165) is 38.3 Å². The number of ether oxygens (including phenoxy) is 1. The van der Waals surface area contributed by atoms with Gasteiger partial charge in [-0.1, -0.05) is 36.4 Å². The van der Waals surface area contributed by atoms with Crippen molar-refractivity contribution in [1.29, 1.82) is 0 Å². The summed E-state index contributed by atoms with van der Waals surface area (Å²) in [6, 6.07) is 14.8. The second-order valence-electron chi connectivity index (χ2n) is 7.38. The molecule has 5 heteroatoms. The van der Waals surface area contributed by atoms with Gasteiger partial charge in [0.15, 0.2) is 0 Å². The number of rotatable bonds is 4. The second-order valence-corrected chi connectivity index (χ2v) is 7.38. The van der Waals surface area contributed by atoms with Crippen LogP contribution in [-0.4, -0.2) is 43.2 Å². The van der Waals surface area contributed by atoms with Crippen molar-refractivity contribution in [2.45, 2.75) is 31.3 Å². The maximum absolute atomic E-state index is 13.2. The van der Waals surface area contributed by atoms with E-state index in [0.29, 0.717) is 0 Å². The fourth-order valence-electron chi connectivity index (χ4n) is 4.22. The van der Waals surface area contributed by atoms with E-state index in [-0.39, 0.29) is 29.7 Å². The zero-order chi connectivity index (χ0) is 18.8. The minimum Gasteiger partial charge on any atom is -0.379 e. The first kappa shape index (κ1) is 18.1. The summed E-state index contributed by atoms with van der Waals surface area (Å²) in [5.41, 5.74) is 3.43. The predicted octanol–water partition coefficient (Wildman–Crippen LogP) is 3.04. The van der Waals surface area contributed by atoms with Crippen LogP contribution in [0.25, 0.3) is 0 Å². The molecule has 1 amide bonds. The Morgan fingerprint density at radius 2 is 1.85 bits per heavy atom. The Hall–Kier alpha value is -2.24. The number of carbonyl (C=O) groups is 1. The Morgan fingerprint density at radius 1 is 1.15 bits per heavy atom. The zero-order valence-corrected chi connectivity index (χ0v) is 15.5. The van der Waals surface area contributed by atoms with Crippen molar-refractivity contribution in [3.8, 4) is 0 Å². The summed E-state index contributed by atoms with van der Waals surface area (Å²) in [4.78, 5) is 15.3. The molecule has 3 atom stereocenters. The van der Waals surface area contributed by atoms with E-state index >= 15 is 0 Å². The number of hydrogen-bond donors (Lipinski definition) is 1. The molecule has 2 aliphatic rings. The molecular formula is C22H25FN2O2. The standard InChI is InChI=1S/C22H25FN2O2/c1-15(16-6-8-18(23)9-7-16)22(26)24-20-14-17-4-2-3-5-19(17)21(20)25-10-12-27-13-11-25/h2-9,15,20-21H,10-14H2,1H3,(H,24,26)/t15-,20?,21?/m0/s1. The molecule has 4 rings (SSSR count). The van der Waals surface area contributed by atoms with Crippen molar-refractivity contribution in [3.05, 3.63) is 71.0 Å². The van der Waals surface area contributed by atoms with E-state index in [1.54, 1.807) is 12.1 Å². The third-order valence-electron chi connectivity index (χ3n) is 5.72. The molecule has 0 bridgehead atoms. The van der Waals surface area contributed by atoms with Gasteiger partial charge in [0.2, 0.25) is 5.91 Å². The van der Waals surface area contributed by atoms with Crippen LogP contribution >= 0.6 is 0 Å². The lowest BCUT2D eigenvalue weighted by molar-refractivity contribution is -0.123. The van der Waals surface area contributed by atoms with Crippen LogP contribution in [0.5, 0.6) is 0 Å². The van der Waals surface area contributed by atoms with E-state index in [1.807, 2.05) is 6.92 Å². The number of carbonyl (C=O) groups excluding carboxylic acids is 1. The van der Waals surface area contributed by atoms with Gasteiger partial charge in [-0.3, -0.25) is 9.69 Å². The molecule has 2 unspecified atom stereocenters. The summed E-state index contributed by atoms with van der Waals surface area (Å²) in [7, 11) is 0. The third kappa shape index (κ3) is 3.75. The fourth-order valence-corrected chi connectivity index (χ4v) is 4.22. The maximum Gasteiger partial charge on any atom is 0.227 e. The first-order valence-corrected chi connectivity index (χ1v) is 9.59. The number of hydrogen-bond acceptors (Lipinski definition) is 3. The van der Waals surface area contributed by atoms with Crippen LogP contribution in [0.3, 0.4) is 0 Å². The average molecular weight is 368 g/mol. The van der Waals surface area contributed by atoms with Gasteiger partial charge < -0.3 is 10.1 Å². The van der Waals surface area contributed by atoms with Gasteiger partial charge in [-0.25, -0.2) is 4.39 Å². The van der Waals surface area contributed by atoms with E-state index in [4.69, 9.17) is 4.74 Å². The average Bonchev–Trinajstić information content (AvgIpc) is 3.06. The largest absolute Gasteiger partial charge is 0.379 e. The molecule has 2 aromatic carbocycles. The number of nitrogens with one attached hydrogen (secondary N) is 1. The molecule has 0 saturated carbocycles. The maximum atomic E-state index is 13.2. The monoisotopic (exact) mass is 368 g/mol. The summed E-state index contributed by atoms with van der Waals surface area (Å²) in [5.74, 6) is -0.623. The Labute approximate surface area is 159 Å². The van der Waals surface area contributed by atoms with E-state index in [1.165, 1.54) is 23.3 Å². The molecular weight excluding hydrogens is 343 g/mol. The molecule has 142 valence electrons. The Morgan fingerprint density at radius 3 is 2.59 bits per heavy atom. The Bertz CT molecular complexity index is 802. The summed E-state index contributed by atoms with van der Waals surface area (Å²) < 4.78 is 18.7. The minimum absolute atomic E-state index is 0.0160. The van der Waals surface area contributed by atoms with Crippen molar-refractivity contribution in [3.63, 3.8) is 0 Å². The normalized spacial score (nSPS) is 23.6. The highest BCUT2D eigenvalue weighted by molar-refractivity contribution is 5.83. The van der Waals surface area contributed by atoms with Gasteiger partial charge in [-0.15, -0.1) is 0 Å². The molecule has 0 radical (unpaired) electrons. The minimum atomic E-state index is -0.320. The van der Waals surface area contributed by atoms with Gasteiger partial charge >= 0.3 is 0 Å². The highest BCUT2D eigenvalue weighted by atomic mass is 19.1. The number of benzene rings is 2. The van der Waals surface area contributed by atoms with Crippen LogP contribution in [0.2, 0.25) is 0 Å². The number of nitrogens with zero attached hydrogens (tertiary/aromatic N) is 1. The highest BCUT2D eigenvalue weighted by Gasteiger charge is 2.38. The highest BCUT2D eigenvalue weighted by Crippen LogP contribution is 2.36. The molecule has 1 fully saturated rings. The van der Waals surface area contributed by atoms with E-state index < -0.39 is 0 Å². The lowest BCUT2D eigenvalue weighted by Gasteiger charge is -2.36. The van der Waals surface area contributed by atoms with Gasteiger partial charge in [0, 0.05) is 13.1 Å². The van der Waals surface area contributed by atoms with Gasteiger partial charge in [-0.2, -0.15) is 0 Å². The fraction of sp³-hybridized carbons (Fsp3) is 0.409. The molecule has 4 nitrogen and oxygen atoms in total. The number of fused-ring (bicyclic) bond motifs is 1. The molecule has 0 aromatic heterocycles. The van der Waals surface area contributed by atoms with Crippen LogP contribution < -0.4 is 5.32 Å². The first-order valence-electron chi connectivity index (χ1n) is 9.59. The zero-order valence-electron chi connectivity index (χ0n) is 15.5. The van der Waals surface area contributed by atoms with E-state index in [9.17, 15) is 9.18 Å². The van der Waals surface area contributed by atoms with Crippen LogP contribution in [0.15, 0.2) is 48.5 Å². The molecule has 1 aliphatic heterocycles. The molecule has 1 heterocycles. The number of halogens is 1. The Balaban J connectivity index is 1.53. The predicted molar refractivity (Wildman–Crippen MR) is 102 cm³/mol. The molecule has 27 heavy (non-hydrogen) atoms. The van der Waals surface area contributed by atoms with Gasteiger partial charge in [-0.05, 0) is 42.2 Å². The molecule has 1 aliphatic carbocycles. The summed E-state index contributed by atoms with van der Waals surface area (Å²) in [6.07, 6.45) is 0.833. The first-order chi connectivity index (χ1) is 13.1. The Kier molecular flexibility index (Phi) is 5.23. The van der Waals surface area contributed by atoms with Gasteiger partial charge in [0.05, 0.1) is 31.2 Å². The van der Waals surface area contributed by atoms with Crippen LogP contribution in [0.1, 0.15) is 35.6 Å². The summed E-state index contributed by atoms with van der Waals surface area (Å²) >= 11 is 0. The van der Waals surface area contributed by atoms with Crippen molar-refractivity contribution in [2.24, 2.45) is 0 Å². The lowest BCUT2D eigenvalue weighted by atomic mass is 9.98. The summed E-state index contributed by atoms with van der Waals surface area (Å²) in [6.45, 7) is 5.07. The van der Waals surface area contributed by atoms with Crippen molar-refractivity contribution in [2.75, 3.05) is 26.3 Å². The number of morpholine rings is 1. The topological polar surface area (TPSA) is 41.6 Å². The lowest BCUT2D eigenvalue weighted by Crippen LogP contribution is -2.48. The summed E-state index contributed by atoms with van der Waals surface area (Å²) in [5, 5.41) is 3.27. The molecule has 0 spiro atoms. The van der Waals surface area contributed by atoms with Crippen molar-refractivity contribution >= 4 is 5.91 Å². The van der Waals surface area contributed by atoms with Gasteiger partial charge in [0.25, 0.3) is 0 Å². The van der Waals surface area contributed by atoms with Crippen LogP contribution in [0, 0.1) is 5.82 Å². The SMILES string of the molecule is C[C@H](C(=O)NC1Cc2ccccc2C1N1CCOCC1)c1ccc(F)cc1. The van der Waals surface area contributed by atoms with E-state index in [2.05, 4.69) is 34.5 Å². The smallest absolute Gasteiger partial charge is 0.227 e. The van der Waals surface area contributed by atoms with Crippen molar-refractivity contribution in [1.82, 2.24) is 10.2 Å². The molecule has 1 saturated heterocycles. The number of amides is 1. The third-order valence-corrected chi connectivity index (χ3v) is 5.72. The van der Waals surface area contributed by atoms with Gasteiger partial charge in [0.1, 0.15) is 5.82 Å². The molecule has 1 N–H and O–H groups in total. The quantitative estimate of drug-likeness (QED) is 0.902. The van der Waals surface area contributed by atoms with Crippen LogP contribution in [-0.2, 0) is 16.0 Å². The van der Waals surface area contributed by atoms with Crippen molar-refractivity contribution < 1.29 is 13.9 Å².